The minimum atomic E-state index is -1.34. The topological polar surface area (TPSA) is 102 Å². The lowest BCUT2D eigenvalue weighted by Crippen LogP contribution is -2.51. The fourth-order valence-corrected chi connectivity index (χ4v) is 1.98. The van der Waals surface area contributed by atoms with Crippen molar-refractivity contribution in [1.82, 2.24) is 5.32 Å². The van der Waals surface area contributed by atoms with Crippen LogP contribution in [0.1, 0.15) is 37.6 Å². The summed E-state index contributed by atoms with van der Waals surface area (Å²) in [7, 11) is 0. The molecule has 1 aromatic rings. The number of nitrogens with one attached hydrogen (secondary N) is 1. The largest absolute Gasteiger partial charge is 0.493 e. The third-order valence-electron chi connectivity index (χ3n) is 3.21. The van der Waals surface area contributed by atoms with Gasteiger partial charge in [-0.1, -0.05) is 6.92 Å². The van der Waals surface area contributed by atoms with Crippen molar-refractivity contribution >= 4 is 33.5 Å². The average Bonchev–Trinajstić information content (AvgIpc) is 2.42. The van der Waals surface area contributed by atoms with Crippen LogP contribution in [0.3, 0.4) is 0 Å². The standard InChI is InChI=1S/C14H19BrN2O4/c1-4-14(3,13(19)20)17-12(18)8-6-9(15)10(16)7-11(8)21-5-2/h6-7H,4-5,16H2,1-3H3,(H,17,18)(H,19,20)/t14-/m0/s1. The van der Waals surface area contributed by atoms with Gasteiger partial charge in [0.15, 0.2) is 0 Å². The van der Waals surface area contributed by atoms with Crippen molar-refractivity contribution in [3.63, 3.8) is 0 Å². The molecule has 1 atom stereocenters. The highest BCUT2D eigenvalue weighted by molar-refractivity contribution is 9.10. The molecule has 21 heavy (non-hydrogen) atoms. The Kier molecular flexibility index (Phi) is 5.60. The number of carbonyl (C=O) groups is 2. The molecule has 0 fully saturated rings. The van der Waals surface area contributed by atoms with Crippen molar-refractivity contribution < 1.29 is 19.4 Å². The summed E-state index contributed by atoms with van der Waals surface area (Å²) in [6.45, 7) is 5.30. The Morgan fingerprint density at radius 3 is 2.52 bits per heavy atom. The predicted molar refractivity (Wildman–Crippen MR) is 83.5 cm³/mol. The van der Waals surface area contributed by atoms with Crippen LogP contribution in [0, 0.1) is 0 Å². The average molecular weight is 359 g/mol. The summed E-state index contributed by atoms with van der Waals surface area (Å²) >= 11 is 3.25. The lowest BCUT2D eigenvalue weighted by atomic mass is 9.98. The van der Waals surface area contributed by atoms with E-state index in [0.717, 1.165) is 0 Å². The number of carboxylic acid groups (broad SMARTS) is 1. The van der Waals surface area contributed by atoms with Gasteiger partial charge in [-0.25, -0.2) is 4.79 Å². The minimum Gasteiger partial charge on any atom is -0.493 e. The van der Waals surface area contributed by atoms with Gasteiger partial charge in [-0.15, -0.1) is 0 Å². The Morgan fingerprint density at radius 1 is 1.43 bits per heavy atom. The van der Waals surface area contributed by atoms with Crippen LogP contribution in [0.4, 0.5) is 5.69 Å². The molecule has 0 aliphatic heterocycles. The van der Waals surface area contributed by atoms with E-state index in [1.807, 2.05) is 0 Å². The molecule has 6 nitrogen and oxygen atoms in total. The SMILES string of the molecule is CCOc1cc(N)c(Br)cc1C(=O)N[C@@](C)(CC)C(=O)O. The first-order valence-electron chi connectivity index (χ1n) is 6.52. The monoisotopic (exact) mass is 358 g/mol. The van der Waals surface area contributed by atoms with Crippen LogP contribution < -0.4 is 15.8 Å². The van der Waals surface area contributed by atoms with Gasteiger partial charge in [-0.2, -0.15) is 0 Å². The molecule has 0 radical (unpaired) electrons. The van der Waals surface area contributed by atoms with E-state index in [1.165, 1.54) is 19.1 Å². The van der Waals surface area contributed by atoms with Crippen molar-refractivity contribution in [3.05, 3.63) is 22.2 Å². The number of nitrogens with two attached hydrogens (primary N) is 1. The molecule has 4 N–H and O–H groups in total. The summed E-state index contributed by atoms with van der Waals surface area (Å²) in [6.07, 6.45) is 0.258. The van der Waals surface area contributed by atoms with Crippen molar-refractivity contribution in [2.45, 2.75) is 32.7 Å². The van der Waals surface area contributed by atoms with Gasteiger partial charge >= 0.3 is 5.97 Å². The summed E-state index contributed by atoms with van der Waals surface area (Å²) in [4.78, 5) is 23.6. The first-order chi connectivity index (χ1) is 9.75. The maximum atomic E-state index is 12.4. The normalized spacial score (nSPS) is 13.3. The third-order valence-corrected chi connectivity index (χ3v) is 3.90. The van der Waals surface area contributed by atoms with Crippen molar-refractivity contribution in [2.24, 2.45) is 0 Å². The summed E-state index contributed by atoms with van der Waals surface area (Å²) in [6, 6.07) is 3.06. The van der Waals surface area contributed by atoms with Crippen molar-refractivity contribution in [2.75, 3.05) is 12.3 Å². The lowest BCUT2D eigenvalue weighted by Gasteiger charge is -2.25. The summed E-state index contributed by atoms with van der Waals surface area (Å²) in [5.74, 6) is -1.30. The number of halogens is 1. The van der Waals surface area contributed by atoms with E-state index < -0.39 is 17.4 Å². The molecule has 1 aromatic carbocycles. The summed E-state index contributed by atoms with van der Waals surface area (Å²) in [5, 5.41) is 11.7. The Balaban J connectivity index is 3.17. The number of anilines is 1. The van der Waals surface area contributed by atoms with Gasteiger partial charge in [-0.3, -0.25) is 4.79 Å². The first kappa shape index (κ1) is 17.3. The number of carbonyl (C=O) groups excluding carboxylic acids is 1. The third kappa shape index (κ3) is 3.87. The van der Waals surface area contributed by atoms with Crippen LogP contribution >= 0.6 is 15.9 Å². The zero-order valence-electron chi connectivity index (χ0n) is 12.2. The number of amides is 1. The predicted octanol–water partition coefficient (Wildman–Crippen LogP) is 2.41. The Labute approximate surface area is 131 Å². The molecule has 116 valence electrons. The maximum Gasteiger partial charge on any atom is 0.329 e. The van der Waals surface area contributed by atoms with E-state index in [1.54, 1.807) is 13.8 Å². The molecule has 0 bridgehead atoms. The van der Waals surface area contributed by atoms with E-state index in [-0.39, 0.29) is 12.0 Å². The van der Waals surface area contributed by atoms with E-state index in [4.69, 9.17) is 10.5 Å². The molecule has 7 heteroatoms. The van der Waals surface area contributed by atoms with Gasteiger partial charge in [0, 0.05) is 16.2 Å². The minimum absolute atomic E-state index is 0.235. The van der Waals surface area contributed by atoms with Gasteiger partial charge < -0.3 is 20.9 Å². The highest BCUT2D eigenvalue weighted by Gasteiger charge is 2.33. The number of benzene rings is 1. The molecule has 0 aliphatic carbocycles. The van der Waals surface area contributed by atoms with Crippen LogP contribution in [0.25, 0.3) is 0 Å². The van der Waals surface area contributed by atoms with E-state index >= 15 is 0 Å². The second kappa shape index (κ2) is 6.80. The quantitative estimate of drug-likeness (QED) is 0.677. The number of ether oxygens (including phenoxy) is 1. The van der Waals surface area contributed by atoms with Crippen LogP contribution in [0.5, 0.6) is 5.75 Å². The second-order valence-corrected chi connectivity index (χ2v) is 5.60. The van der Waals surface area contributed by atoms with Gasteiger partial charge in [0.25, 0.3) is 5.91 Å². The number of rotatable bonds is 6. The van der Waals surface area contributed by atoms with Crippen LogP contribution in [0.15, 0.2) is 16.6 Å². The molecule has 1 rings (SSSR count). The smallest absolute Gasteiger partial charge is 0.329 e. The Morgan fingerprint density at radius 2 is 2.05 bits per heavy atom. The van der Waals surface area contributed by atoms with Crippen LogP contribution in [-0.2, 0) is 4.79 Å². The van der Waals surface area contributed by atoms with Crippen LogP contribution in [-0.4, -0.2) is 29.1 Å². The summed E-state index contributed by atoms with van der Waals surface area (Å²) < 4.78 is 5.94. The van der Waals surface area contributed by atoms with E-state index in [2.05, 4.69) is 21.2 Å². The zero-order valence-corrected chi connectivity index (χ0v) is 13.8. The number of hydrogen-bond acceptors (Lipinski definition) is 4. The maximum absolute atomic E-state index is 12.4. The highest BCUT2D eigenvalue weighted by atomic mass is 79.9. The van der Waals surface area contributed by atoms with E-state index in [9.17, 15) is 14.7 Å². The molecule has 0 spiro atoms. The van der Waals surface area contributed by atoms with E-state index in [0.29, 0.717) is 22.5 Å². The molecule has 0 heterocycles. The van der Waals surface area contributed by atoms with Gasteiger partial charge in [0.1, 0.15) is 11.3 Å². The fraction of sp³-hybridized carbons (Fsp3) is 0.429. The van der Waals surface area contributed by atoms with Crippen molar-refractivity contribution in [1.29, 1.82) is 0 Å². The highest BCUT2D eigenvalue weighted by Crippen LogP contribution is 2.30. The molecule has 0 aliphatic rings. The lowest BCUT2D eigenvalue weighted by molar-refractivity contribution is -0.143. The van der Waals surface area contributed by atoms with Gasteiger partial charge in [-0.05, 0) is 42.3 Å². The molecule has 0 aromatic heterocycles. The first-order valence-corrected chi connectivity index (χ1v) is 7.32. The Hall–Kier alpha value is -1.76. The van der Waals surface area contributed by atoms with Gasteiger partial charge in [0.2, 0.25) is 0 Å². The zero-order chi connectivity index (χ0) is 16.2. The number of hydrogen-bond donors (Lipinski definition) is 3. The molecule has 0 saturated heterocycles. The molecular weight excluding hydrogens is 340 g/mol. The van der Waals surface area contributed by atoms with Gasteiger partial charge in [0.05, 0.1) is 12.2 Å². The fourth-order valence-electron chi connectivity index (χ4n) is 1.63. The number of aliphatic carboxylic acids is 1. The molecule has 1 amide bonds. The number of carboxylic acids is 1. The Bertz CT molecular complexity index is 562. The van der Waals surface area contributed by atoms with Crippen LogP contribution in [0.2, 0.25) is 0 Å². The molecule has 0 unspecified atom stereocenters. The molecule has 0 saturated carbocycles. The second-order valence-electron chi connectivity index (χ2n) is 4.75. The number of nitrogen functional groups attached to an aromatic ring is 1. The summed E-state index contributed by atoms with van der Waals surface area (Å²) in [5.41, 5.74) is 5.10. The van der Waals surface area contributed by atoms with Crippen molar-refractivity contribution in [3.8, 4) is 5.75 Å². The molecular formula is C14H19BrN2O4.